The molecule has 0 amide bonds. The molecule has 0 saturated carbocycles. The molecular weight excluding hydrogens is 398 g/mol. The van der Waals surface area contributed by atoms with Gasteiger partial charge >= 0.3 is 11.9 Å². The maximum Gasteiger partial charge on any atom is 0.338 e. The fourth-order valence-corrected chi connectivity index (χ4v) is 4.11. The van der Waals surface area contributed by atoms with Crippen molar-refractivity contribution >= 4 is 27.6 Å². The number of carbonyl (C=O) groups is 2. The number of sulfonamides is 1. The van der Waals surface area contributed by atoms with E-state index in [9.17, 15) is 18.0 Å². The van der Waals surface area contributed by atoms with Gasteiger partial charge in [-0.05, 0) is 61.9 Å². The molecular formula is C20H23NO7S. The maximum absolute atomic E-state index is 13.2. The van der Waals surface area contributed by atoms with Crippen molar-refractivity contribution in [2.45, 2.75) is 18.7 Å². The molecule has 0 saturated heterocycles. The average Bonchev–Trinajstić information content (AvgIpc) is 2.72. The van der Waals surface area contributed by atoms with Crippen LogP contribution in [0.3, 0.4) is 0 Å². The Balaban J connectivity index is 2.52. The molecule has 0 aliphatic carbocycles. The predicted octanol–water partition coefficient (Wildman–Crippen LogP) is 2.55. The van der Waals surface area contributed by atoms with Crippen molar-refractivity contribution in [3.8, 4) is 5.75 Å². The molecule has 0 atom stereocenters. The highest BCUT2D eigenvalue weighted by Gasteiger charge is 2.29. The first kappa shape index (κ1) is 22.2. The number of hydrogen-bond acceptors (Lipinski definition) is 7. The molecule has 0 N–H and O–H groups in total. The van der Waals surface area contributed by atoms with Gasteiger partial charge in [0.2, 0.25) is 0 Å². The SMILES string of the molecule is CCOC(=O)c1ccc(N(CC(=O)OC)S(=O)(=O)c2ccc(OC)cc2)c(C)c1. The molecule has 156 valence electrons. The number of methoxy groups -OCH3 is 2. The Hall–Kier alpha value is -3.07. The van der Waals surface area contributed by atoms with Gasteiger partial charge in [-0.1, -0.05) is 0 Å². The van der Waals surface area contributed by atoms with Gasteiger partial charge in [0.25, 0.3) is 10.0 Å². The van der Waals surface area contributed by atoms with Crippen molar-refractivity contribution in [2.24, 2.45) is 0 Å². The van der Waals surface area contributed by atoms with Gasteiger partial charge < -0.3 is 14.2 Å². The zero-order valence-corrected chi connectivity index (χ0v) is 17.5. The Labute approximate surface area is 170 Å². The topological polar surface area (TPSA) is 99.2 Å². The van der Waals surface area contributed by atoms with E-state index in [2.05, 4.69) is 4.74 Å². The van der Waals surface area contributed by atoms with Crippen LogP contribution in [0.25, 0.3) is 0 Å². The van der Waals surface area contributed by atoms with Crippen molar-refractivity contribution in [1.29, 1.82) is 0 Å². The van der Waals surface area contributed by atoms with Crippen LogP contribution in [-0.4, -0.2) is 47.7 Å². The summed E-state index contributed by atoms with van der Waals surface area (Å²) in [4.78, 5) is 23.8. The van der Waals surface area contributed by atoms with Crippen LogP contribution >= 0.6 is 0 Å². The van der Waals surface area contributed by atoms with E-state index in [1.807, 2.05) is 0 Å². The maximum atomic E-state index is 13.2. The largest absolute Gasteiger partial charge is 0.497 e. The van der Waals surface area contributed by atoms with Crippen LogP contribution in [0.15, 0.2) is 47.4 Å². The zero-order chi connectivity index (χ0) is 21.6. The Morgan fingerprint density at radius 1 is 1.03 bits per heavy atom. The second-order valence-corrected chi connectivity index (χ2v) is 7.85. The highest BCUT2D eigenvalue weighted by molar-refractivity contribution is 7.92. The first-order valence-electron chi connectivity index (χ1n) is 8.76. The second kappa shape index (κ2) is 9.42. The number of esters is 2. The molecule has 9 heteroatoms. The molecule has 0 spiro atoms. The number of ether oxygens (including phenoxy) is 3. The number of carbonyl (C=O) groups excluding carboxylic acids is 2. The van der Waals surface area contributed by atoms with Gasteiger partial charge in [-0.25, -0.2) is 13.2 Å². The van der Waals surface area contributed by atoms with Crippen molar-refractivity contribution in [1.82, 2.24) is 0 Å². The van der Waals surface area contributed by atoms with E-state index in [1.165, 1.54) is 56.7 Å². The first-order valence-corrected chi connectivity index (χ1v) is 10.2. The molecule has 8 nitrogen and oxygen atoms in total. The van der Waals surface area contributed by atoms with Crippen LogP contribution in [0.4, 0.5) is 5.69 Å². The summed E-state index contributed by atoms with van der Waals surface area (Å²) >= 11 is 0. The number of anilines is 1. The molecule has 2 aromatic carbocycles. The number of aryl methyl sites for hydroxylation is 1. The molecule has 0 radical (unpaired) electrons. The van der Waals surface area contributed by atoms with Gasteiger partial charge in [0, 0.05) is 0 Å². The van der Waals surface area contributed by atoms with Gasteiger partial charge in [-0.15, -0.1) is 0 Å². The van der Waals surface area contributed by atoms with E-state index in [1.54, 1.807) is 13.8 Å². The third-order valence-electron chi connectivity index (χ3n) is 4.12. The molecule has 0 fully saturated rings. The Kier molecular flexibility index (Phi) is 7.22. The summed E-state index contributed by atoms with van der Waals surface area (Å²) in [6.45, 7) is 3.04. The second-order valence-electron chi connectivity index (χ2n) is 5.99. The third kappa shape index (κ3) is 5.05. The predicted molar refractivity (Wildman–Crippen MR) is 107 cm³/mol. The summed E-state index contributed by atoms with van der Waals surface area (Å²) in [6.07, 6.45) is 0. The molecule has 0 unspecified atom stereocenters. The smallest absolute Gasteiger partial charge is 0.338 e. The molecule has 0 aliphatic rings. The summed E-state index contributed by atoms with van der Waals surface area (Å²) in [6, 6.07) is 10.2. The molecule has 0 bridgehead atoms. The van der Waals surface area contributed by atoms with E-state index in [0.29, 0.717) is 11.3 Å². The van der Waals surface area contributed by atoms with Crippen LogP contribution in [0.2, 0.25) is 0 Å². The first-order chi connectivity index (χ1) is 13.7. The van der Waals surface area contributed by atoms with Crippen LogP contribution < -0.4 is 9.04 Å². The minimum Gasteiger partial charge on any atom is -0.497 e. The fraction of sp³-hybridized carbons (Fsp3) is 0.300. The van der Waals surface area contributed by atoms with E-state index in [0.717, 1.165) is 4.31 Å². The number of rotatable bonds is 8. The van der Waals surface area contributed by atoms with Crippen molar-refractivity contribution in [3.63, 3.8) is 0 Å². The quantitative estimate of drug-likeness (QED) is 0.604. The molecule has 0 aromatic heterocycles. The van der Waals surface area contributed by atoms with E-state index < -0.39 is 28.5 Å². The van der Waals surface area contributed by atoms with Crippen molar-refractivity contribution in [2.75, 3.05) is 31.7 Å². The van der Waals surface area contributed by atoms with Gasteiger partial charge in [-0.2, -0.15) is 0 Å². The minimum atomic E-state index is -4.09. The molecule has 2 rings (SSSR count). The summed E-state index contributed by atoms with van der Waals surface area (Å²) in [5.41, 5.74) is 1.02. The molecule has 29 heavy (non-hydrogen) atoms. The summed E-state index contributed by atoms with van der Waals surface area (Å²) in [7, 11) is -1.44. The van der Waals surface area contributed by atoms with E-state index >= 15 is 0 Å². The molecule has 2 aromatic rings. The molecule has 0 heterocycles. The standard InChI is InChI=1S/C20H23NO7S/c1-5-28-20(23)15-6-11-18(14(2)12-15)21(13-19(22)27-4)29(24,25)17-9-7-16(26-3)8-10-17/h6-12H,5,13H2,1-4H3. The Bertz CT molecular complexity index is 984. The number of nitrogens with zero attached hydrogens (tertiary/aromatic N) is 1. The highest BCUT2D eigenvalue weighted by atomic mass is 32.2. The van der Waals surface area contributed by atoms with E-state index in [4.69, 9.17) is 9.47 Å². The zero-order valence-electron chi connectivity index (χ0n) is 16.7. The number of hydrogen-bond donors (Lipinski definition) is 0. The fourth-order valence-electron chi connectivity index (χ4n) is 2.63. The van der Waals surface area contributed by atoms with Gasteiger partial charge in [0.05, 0.1) is 37.0 Å². The van der Waals surface area contributed by atoms with Gasteiger partial charge in [0.15, 0.2) is 0 Å². The lowest BCUT2D eigenvalue weighted by molar-refractivity contribution is -0.138. The van der Waals surface area contributed by atoms with Crippen LogP contribution in [0, 0.1) is 6.92 Å². The van der Waals surface area contributed by atoms with Gasteiger partial charge in [-0.3, -0.25) is 9.10 Å². The highest BCUT2D eigenvalue weighted by Crippen LogP contribution is 2.28. The minimum absolute atomic E-state index is 0.0175. The third-order valence-corrected chi connectivity index (χ3v) is 5.90. The lowest BCUT2D eigenvalue weighted by Gasteiger charge is -2.25. The average molecular weight is 421 g/mol. The van der Waals surface area contributed by atoms with Crippen LogP contribution in [-0.2, 0) is 24.3 Å². The summed E-state index contributed by atoms with van der Waals surface area (Å²) in [5.74, 6) is -0.742. The Morgan fingerprint density at radius 2 is 1.69 bits per heavy atom. The van der Waals surface area contributed by atoms with Crippen molar-refractivity contribution < 1.29 is 32.2 Å². The lowest BCUT2D eigenvalue weighted by Crippen LogP contribution is -2.36. The monoisotopic (exact) mass is 421 g/mol. The van der Waals surface area contributed by atoms with Crippen LogP contribution in [0.1, 0.15) is 22.8 Å². The van der Waals surface area contributed by atoms with Gasteiger partial charge in [0.1, 0.15) is 12.3 Å². The van der Waals surface area contributed by atoms with Crippen molar-refractivity contribution in [3.05, 3.63) is 53.6 Å². The summed E-state index contributed by atoms with van der Waals surface area (Å²) in [5, 5.41) is 0. The lowest BCUT2D eigenvalue weighted by atomic mass is 10.1. The normalized spacial score (nSPS) is 10.9. The summed E-state index contributed by atoms with van der Waals surface area (Å²) < 4.78 is 42.1. The van der Waals surface area contributed by atoms with Crippen LogP contribution in [0.5, 0.6) is 5.75 Å². The number of benzene rings is 2. The Morgan fingerprint density at radius 3 is 2.21 bits per heavy atom. The molecule has 0 aliphatic heterocycles. The van der Waals surface area contributed by atoms with E-state index in [-0.39, 0.29) is 22.8 Å².